The molecule has 1 unspecified atom stereocenters. The number of carbonyl (C=O) groups excluding carboxylic acids is 1. The molecule has 1 aromatic rings. The molecule has 2 aliphatic rings. The van der Waals surface area contributed by atoms with E-state index in [1.807, 2.05) is 12.1 Å². The third-order valence-electron chi connectivity index (χ3n) is 5.22. The zero-order valence-corrected chi connectivity index (χ0v) is 18.9. The van der Waals surface area contributed by atoms with Crippen molar-refractivity contribution in [2.45, 2.75) is 24.9 Å². The van der Waals surface area contributed by atoms with E-state index in [0.29, 0.717) is 50.0 Å². The van der Waals surface area contributed by atoms with Crippen molar-refractivity contribution in [2.24, 2.45) is 0 Å². The lowest BCUT2D eigenvalue weighted by atomic mass is 10.1. The Bertz CT molecular complexity index is 694. The quantitative estimate of drug-likeness (QED) is 0.685. The summed E-state index contributed by atoms with van der Waals surface area (Å²) in [4.78, 5) is 16.3. The lowest BCUT2D eigenvalue weighted by molar-refractivity contribution is -0.135. The number of rotatable bonds is 6. The average Bonchev–Trinajstić information content (AvgIpc) is 3.06. The molecule has 2 fully saturated rings. The van der Waals surface area contributed by atoms with Crippen LogP contribution in [0, 0.1) is 0 Å². The van der Waals surface area contributed by atoms with Gasteiger partial charge in [-0.25, -0.2) is 8.78 Å². The summed E-state index contributed by atoms with van der Waals surface area (Å²) in [5.41, 5.74) is 1.01. The minimum Gasteiger partial charge on any atom is -0.493 e. The maximum absolute atomic E-state index is 13.3. The molecule has 7 nitrogen and oxygen atoms in total. The van der Waals surface area contributed by atoms with E-state index in [1.165, 1.54) is 0 Å². The lowest BCUT2D eigenvalue weighted by Crippen LogP contribution is -2.52. The third kappa shape index (κ3) is 6.00. The van der Waals surface area contributed by atoms with Crippen LogP contribution >= 0.6 is 24.8 Å². The minimum atomic E-state index is -2.80. The van der Waals surface area contributed by atoms with Gasteiger partial charge in [0.1, 0.15) is 0 Å². The van der Waals surface area contributed by atoms with Crippen LogP contribution in [0.5, 0.6) is 17.2 Å². The van der Waals surface area contributed by atoms with E-state index in [4.69, 9.17) is 14.2 Å². The maximum atomic E-state index is 13.3. The number of nitrogens with zero attached hydrogens (tertiary/aromatic N) is 2. The van der Waals surface area contributed by atoms with Gasteiger partial charge in [-0.1, -0.05) is 0 Å². The maximum Gasteiger partial charge on any atom is 0.262 e. The largest absolute Gasteiger partial charge is 0.493 e. The van der Waals surface area contributed by atoms with Crippen molar-refractivity contribution in [1.29, 1.82) is 0 Å². The molecule has 30 heavy (non-hydrogen) atoms. The van der Waals surface area contributed by atoms with Crippen LogP contribution in [-0.4, -0.2) is 81.7 Å². The summed E-state index contributed by atoms with van der Waals surface area (Å²) in [6.07, 6.45) is -0.419. The van der Waals surface area contributed by atoms with Gasteiger partial charge in [-0.15, -0.1) is 24.8 Å². The molecular formula is C19H29Cl2F2N3O4. The molecule has 2 aliphatic heterocycles. The minimum absolute atomic E-state index is 0. The summed E-state index contributed by atoms with van der Waals surface area (Å²) in [7, 11) is 4.71. The van der Waals surface area contributed by atoms with Crippen LogP contribution in [0.15, 0.2) is 12.1 Å². The summed E-state index contributed by atoms with van der Waals surface area (Å²) in [6.45, 7) is 2.63. The summed E-state index contributed by atoms with van der Waals surface area (Å²) in [5, 5.41) is 2.64. The zero-order chi connectivity index (χ0) is 20.3. The van der Waals surface area contributed by atoms with E-state index in [2.05, 4.69) is 10.2 Å². The van der Waals surface area contributed by atoms with Gasteiger partial charge < -0.3 is 19.1 Å². The van der Waals surface area contributed by atoms with Gasteiger partial charge in [0, 0.05) is 39.1 Å². The number of ether oxygens (including phenoxy) is 3. The molecule has 2 heterocycles. The van der Waals surface area contributed by atoms with E-state index in [0.717, 1.165) is 5.56 Å². The summed E-state index contributed by atoms with van der Waals surface area (Å²) in [6, 6.07) is 3.03. The molecule has 3 rings (SSSR count). The first kappa shape index (κ1) is 26.5. The summed E-state index contributed by atoms with van der Waals surface area (Å²) in [5.74, 6) is -1.29. The third-order valence-corrected chi connectivity index (χ3v) is 5.22. The number of halogens is 4. The fourth-order valence-electron chi connectivity index (χ4n) is 3.72. The van der Waals surface area contributed by atoms with Gasteiger partial charge in [0.2, 0.25) is 11.7 Å². The van der Waals surface area contributed by atoms with Crippen molar-refractivity contribution >= 4 is 30.7 Å². The van der Waals surface area contributed by atoms with Crippen molar-refractivity contribution in [3.8, 4) is 17.2 Å². The number of piperazine rings is 1. The Morgan fingerprint density at radius 1 is 1.07 bits per heavy atom. The van der Waals surface area contributed by atoms with Crippen molar-refractivity contribution in [2.75, 3.05) is 54.1 Å². The summed E-state index contributed by atoms with van der Waals surface area (Å²) < 4.78 is 42.8. The highest BCUT2D eigenvalue weighted by Crippen LogP contribution is 2.38. The molecule has 172 valence electrons. The van der Waals surface area contributed by atoms with Crippen molar-refractivity contribution in [3.05, 3.63) is 17.7 Å². The highest BCUT2D eigenvalue weighted by Gasteiger charge is 2.43. The standard InChI is InChI=1S/C19H27F2N3O4.2ClH/c1-26-15-8-13(9-16(27-2)17(15)28-3)11-23-4-6-24(7-5-23)18(25)14-10-19(20,21)12-22-14;;/h8-9,14,22H,4-7,10-12H2,1-3H3;2*1H. The van der Waals surface area contributed by atoms with Gasteiger partial charge in [-0.05, 0) is 17.7 Å². The number of nitrogens with one attached hydrogen (secondary N) is 1. The summed E-state index contributed by atoms with van der Waals surface area (Å²) >= 11 is 0. The highest BCUT2D eigenvalue weighted by molar-refractivity contribution is 5.85. The van der Waals surface area contributed by atoms with Crippen molar-refractivity contribution < 1.29 is 27.8 Å². The topological polar surface area (TPSA) is 63.3 Å². The van der Waals surface area contributed by atoms with Crippen molar-refractivity contribution in [3.63, 3.8) is 0 Å². The van der Waals surface area contributed by atoms with Crippen LogP contribution in [0.2, 0.25) is 0 Å². The monoisotopic (exact) mass is 471 g/mol. The number of amides is 1. The van der Waals surface area contributed by atoms with Crippen LogP contribution < -0.4 is 19.5 Å². The molecule has 1 aromatic carbocycles. The number of methoxy groups -OCH3 is 3. The molecule has 0 aromatic heterocycles. The predicted molar refractivity (Wildman–Crippen MR) is 114 cm³/mol. The van der Waals surface area contributed by atoms with Gasteiger partial charge in [-0.2, -0.15) is 0 Å². The molecule has 0 saturated carbocycles. The van der Waals surface area contributed by atoms with Crippen LogP contribution in [0.1, 0.15) is 12.0 Å². The Kier molecular flexibility index (Phi) is 9.87. The Morgan fingerprint density at radius 2 is 1.63 bits per heavy atom. The van der Waals surface area contributed by atoms with Gasteiger partial charge in [0.05, 0.1) is 33.9 Å². The van der Waals surface area contributed by atoms with Gasteiger partial charge >= 0.3 is 0 Å². The SMILES string of the molecule is COc1cc(CN2CCN(C(=O)C3CC(F)(F)CN3)CC2)cc(OC)c1OC.Cl.Cl. The molecular weight excluding hydrogens is 443 g/mol. The average molecular weight is 472 g/mol. The molecule has 0 spiro atoms. The lowest BCUT2D eigenvalue weighted by Gasteiger charge is -2.36. The normalized spacial score (nSPS) is 20.7. The van der Waals surface area contributed by atoms with E-state index in [9.17, 15) is 13.6 Å². The van der Waals surface area contributed by atoms with Gasteiger partial charge in [0.25, 0.3) is 5.92 Å². The second-order valence-corrected chi connectivity index (χ2v) is 7.13. The fraction of sp³-hybridized carbons (Fsp3) is 0.632. The van der Waals surface area contributed by atoms with Crippen molar-refractivity contribution in [1.82, 2.24) is 15.1 Å². The smallest absolute Gasteiger partial charge is 0.262 e. The Morgan fingerprint density at radius 3 is 2.07 bits per heavy atom. The number of alkyl halides is 2. The molecule has 11 heteroatoms. The number of carbonyl (C=O) groups is 1. The highest BCUT2D eigenvalue weighted by atomic mass is 35.5. The number of hydrogen-bond acceptors (Lipinski definition) is 6. The second kappa shape index (κ2) is 11.2. The molecule has 2 saturated heterocycles. The number of hydrogen-bond donors (Lipinski definition) is 1. The fourth-order valence-corrected chi connectivity index (χ4v) is 3.72. The first-order valence-corrected chi connectivity index (χ1v) is 9.28. The van der Waals surface area contributed by atoms with Gasteiger partial charge in [0.15, 0.2) is 11.5 Å². The Balaban J connectivity index is 0.00000225. The molecule has 1 amide bonds. The van der Waals surface area contributed by atoms with E-state index >= 15 is 0 Å². The molecule has 0 aliphatic carbocycles. The van der Waals surface area contributed by atoms with Crippen LogP contribution in [0.25, 0.3) is 0 Å². The predicted octanol–water partition coefficient (Wildman–Crippen LogP) is 2.20. The molecule has 0 bridgehead atoms. The van der Waals surface area contributed by atoms with Crippen LogP contribution in [0.4, 0.5) is 8.78 Å². The Labute approximate surface area is 187 Å². The Hall–Kier alpha value is -1.55. The zero-order valence-electron chi connectivity index (χ0n) is 17.3. The van der Waals surface area contributed by atoms with Crippen LogP contribution in [-0.2, 0) is 11.3 Å². The second-order valence-electron chi connectivity index (χ2n) is 7.13. The molecule has 0 radical (unpaired) electrons. The van der Waals surface area contributed by atoms with Crippen LogP contribution in [0.3, 0.4) is 0 Å². The van der Waals surface area contributed by atoms with Gasteiger partial charge in [-0.3, -0.25) is 15.0 Å². The number of benzene rings is 1. The molecule has 1 atom stereocenters. The van der Waals surface area contributed by atoms with E-state index in [1.54, 1.807) is 26.2 Å². The van der Waals surface area contributed by atoms with E-state index in [-0.39, 0.29) is 30.7 Å². The first-order chi connectivity index (χ1) is 13.4. The van der Waals surface area contributed by atoms with E-state index < -0.39 is 24.9 Å². The molecule has 1 N–H and O–H groups in total. The first-order valence-electron chi connectivity index (χ1n) is 9.28.